The molecule has 8 nitrogen and oxygen atoms in total. The van der Waals surface area contributed by atoms with E-state index in [1.807, 2.05) is 18.3 Å². The third-order valence-electron chi connectivity index (χ3n) is 7.96. The number of hydrogen-bond donors (Lipinski definition) is 4. The van der Waals surface area contributed by atoms with E-state index < -0.39 is 5.66 Å². The summed E-state index contributed by atoms with van der Waals surface area (Å²) in [4.78, 5) is 12.1. The molecular weight excluding hydrogens is 448 g/mol. The molecule has 0 saturated carbocycles. The summed E-state index contributed by atoms with van der Waals surface area (Å²) in [5.41, 5.74) is 17.6. The summed E-state index contributed by atoms with van der Waals surface area (Å²) in [5.74, 6) is 2.16. The number of hydrogen-bond acceptors (Lipinski definition) is 8. The predicted molar refractivity (Wildman–Crippen MR) is 144 cm³/mol. The minimum Gasteiger partial charge on any atom is -0.324 e. The summed E-state index contributed by atoms with van der Waals surface area (Å²) >= 11 is 0. The lowest BCUT2D eigenvalue weighted by Gasteiger charge is -2.29. The highest BCUT2D eigenvalue weighted by molar-refractivity contribution is 5.64. The van der Waals surface area contributed by atoms with Gasteiger partial charge in [0.15, 0.2) is 5.82 Å². The zero-order valence-corrected chi connectivity index (χ0v) is 21.4. The van der Waals surface area contributed by atoms with E-state index in [1.165, 1.54) is 30.5 Å². The maximum atomic E-state index is 6.97. The molecule has 0 aliphatic carbocycles. The maximum Gasteiger partial charge on any atom is 0.229 e. The molecule has 3 aromatic rings. The van der Waals surface area contributed by atoms with E-state index in [4.69, 9.17) is 10.7 Å². The number of nitrogens with one attached hydrogen (secondary N) is 3. The molecule has 8 heteroatoms. The van der Waals surface area contributed by atoms with Gasteiger partial charge < -0.3 is 16.4 Å². The van der Waals surface area contributed by atoms with Crippen LogP contribution in [0.25, 0.3) is 0 Å². The van der Waals surface area contributed by atoms with Crippen LogP contribution in [0.4, 0.5) is 17.5 Å². The second-order valence-corrected chi connectivity index (χ2v) is 10.6. The van der Waals surface area contributed by atoms with Crippen LogP contribution in [0.1, 0.15) is 46.2 Å². The third-order valence-corrected chi connectivity index (χ3v) is 7.96. The average Bonchev–Trinajstić information content (AvgIpc) is 3.36. The van der Waals surface area contributed by atoms with Crippen molar-refractivity contribution in [3.05, 3.63) is 76.0 Å². The monoisotopic (exact) mass is 484 g/mol. The first kappa shape index (κ1) is 23.4. The topological polar surface area (TPSA) is 94.4 Å². The van der Waals surface area contributed by atoms with Gasteiger partial charge in [0, 0.05) is 38.6 Å². The number of piperidine rings is 1. The molecule has 36 heavy (non-hydrogen) atoms. The third kappa shape index (κ3) is 4.14. The molecule has 5 N–H and O–H groups in total. The quantitative estimate of drug-likeness (QED) is 0.439. The molecule has 4 heterocycles. The number of aromatic nitrogens is 2. The van der Waals surface area contributed by atoms with Crippen LogP contribution in [0, 0.1) is 19.8 Å². The van der Waals surface area contributed by atoms with E-state index in [-0.39, 0.29) is 0 Å². The highest BCUT2D eigenvalue weighted by atomic mass is 15.6. The number of hydrazine groups is 1. The van der Waals surface area contributed by atoms with Gasteiger partial charge in [0.05, 0.1) is 5.56 Å². The molecule has 0 bridgehead atoms. The van der Waals surface area contributed by atoms with E-state index in [0.29, 0.717) is 5.95 Å². The van der Waals surface area contributed by atoms with Gasteiger partial charge in [0.25, 0.3) is 0 Å². The molecular formula is C28H36N8. The van der Waals surface area contributed by atoms with Gasteiger partial charge in [-0.3, -0.25) is 9.91 Å². The second kappa shape index (κ2) is 9.12. The summed E-state index contributed by atoms with van der Waals surface area (Å²) in [7, 11) is 1.95. The summed E-state index contributed by atoms with van der Waals surface area (Å²) < 4.78 is 0. The van der Waals surface area contributed by atoms with E-state index in [0.717, 1.165) is 65.9 Å². The van der Waals surface area contributed by atoms with Crippen molar-refractivity contribution in [3.63, 3.8) is 0 Å². The fourth-order valence-electron chi connectivity index (χ4n) is 6.20. The molecule has 0 amide bonds. The molecule has 3 aliphatic heterocycles. The Morgan fingerprint density at radius 3 is 2.61 bits per heavy atom. The Bertz CT molecular complexity index is 1260. The van der Waals surface area contributed by atoms with Crippen molar-refractivity contribution >= 4 is 17.5 Å². The standard InChI is InChI=1S/C28H36N8/c1-18-5-4-6-19(2)25(18)28(29)24-14-31-27(33-26(24)35(3)34-28)32-23-8-7-21-16-36(17-22(21)13-23)15-20-9-11-30-12-10-20/h4-8,13-14,20,30,34H,9-12,15-17,29H2,1-3H3,(H,31,32,33). The van der Waals surface area contributed by atoms with Crippen molar-refractivity contribution in [2.24, 2.45) is 11.7 Å². The number of fused-ring (bicyclic) bond motifs is 2. The molecule has 0 spiro atoms. The van der Waals surface area contributed by atoms with Gasteiger partial charge >= 0.3 is 0 Å². The lowest BCUT2D eigenvalue weighted by atomic mass is 9.88. The van der Waals surface area contributed by atoms with E-state index in [9.17, 15) is 0 Å². The smallest absolute Gasteiger partial charge is 0.229 e. The Labute approximate surface area is 213 Å². The summed E-state index contributed by atoms with van der Waals surface area (Å²) in [5, 5.41) is 8.79. The Balaban J connectivity index is 1.20. The van der Waals surface area contributed by atoms with Gasteiger partial charge in [-0.15, -0.1) is 0 Å². The zero-order valence-electron chi connectivity index (χ0n) is 21.4. The van der Waals surface area contributed by atoms with E-state index in [1.54, 1.807) is 0 Å². The Morgan fingerprint density at radius 1 is 1.08 bits per heavy atom. The largest absolute Gasteiger partial charge is 0.324 e. The zero-order chi connectivity index (χ0) is 24.9. The van der Waals surface area contributed by atoms with Gasteiger partial charge in [-0.1, -0.05) is 24.3 Å². The molecule has 1 fully saturated rings. The summed E-state index contributed by atoms with van der Waals surface area (Å²) in [6.07, 6.45) is 4.42. The van der Waals surface area contributed by atoms with Crippen LogP contribution in [0.2, 0.25) is 0 Å². The summed E-state index contributed by atoms with van der Waals surface area (Å²) in [6.45, 7) is 9.74. The number of rotatable bonds is 5. The van der Waals surface area contributed by atoms with Crippen molar-refractivity contribution in [1.29, 1.82) is 0 Å². The molecule has 1 saturated heterocycles. The minimum absolute atomic E-state index is 0.567. The first-order valence-corrected chi connectivity index (χ1v) is 13.0. The first-order chi connectivity index (χ1) is 17.4. The molecule has 188 valence electrons. The van der Waals surface area contributed by atoms with Crippen LogP contribution in [0.15, 0.2) is 42.6 Å². The molecule has 1 aromatic heterocycles. The molecule has 2 aromatic carbocycles. The van der Waals surface area contributed by atoms with Gasteiger partial charge in [0.1, 0.15) is 5.66 Å². The number of nitrogens with zero attached hydrogens (tertiary/aromatic N) is 4. The normalized spacial score (nSPS) is 22.1. The van der Waals surface area contributed by atoms with Gasteiger partial charge in [-0.2, -0.15) is 4.98 Å². The van der Waals surface area contributed by atoms with Gasteiger partial charge in [-0.25, -0.2) is 10.4 Å². The number of aryl methyl sites for hydroxylation is 2. The number of nitrogens with two attached hydrogens (primary N) is 1. The van der Waals surface area contributed by atoms with Crippen LogP contribution in [-0.4, -0.2) is 41.5 Å². The van der Waals surface area contributed by atoms with Gasteiger partial charge in [0.2, 0.25) is 5.95 Å². The Hall–Kier alpha value is -3.04. The summed E-state index contributed by atoms with van der Waals surface area (Å²) in [6, 6.07) is 12.9. The molecule has 3 aliphatic rings. The molecule has 1 unspecified atom stereocenters. The highest BCUT2D eigenvalue weighted by Crippen LogP contribution is 2.39. The van der Waals surface area contributed by atoms with Crippen LogP contribution < -0.4 is 26.8 Å². The highest BCUT2D eigenvalue weighted by Gasteiger charge is 2.43. The lowest BCUT2D eigenvalue weighted by Crippen LogP contribution is -2.52. The number of benzene rings is 2. The SMILES string of the molecule is Cc1cccc(C)c1C1(N)NN(C)c2nc(Nc3ccc4c(c3)CN(CC3CCNCC3)C4)ncc21. The van der Waals surface area contributed by atoms with Crippen molar-refractivity contribution < 1.29 is 0 Å². The van der Waals surface area contributed by atoms with Crippen molar-refractivity contribution in [3.8, 4) is 0 Å². The van der Waals surface area contributed by atoms with Crippen molar-refractivity contribution in [1.82, 2.24) is 25.6 Å². The predicted octanol–water partition coefficient (Wildman–Crippen LogP) is 3.27. The Morgan fingerprint density at radius 2 is 1.83 bits per heavy atom. The first-order valence-electron chi connectivity index (χ1n) is 13.0. The van der Waals surface area contributed by atoms with Gasteiger partial charge in [-0.05, 0) is 85.6 Å². The minimum atomic E-state index is -0.872. The van der Waals surface area contributed by atoms with Crippen LogP contribution in [-0.2, 0) is 18.8 Å². The van der Waals surface area contributed by atoms with Crippen LogP contribution >= 0.6 is 0 Å². The molecule has 6 rings (SSSR count). The van der Waals surface area contributed by atoms with E-state index in [2.05, 4.69) is 76.2 Å². The number of anilines is 3. The van der Waals surface area contributed by atoms with Crippen molar-refractivity contribution in [2.75, 3.05) is 37.0 Å². The lowest BCUT2D eigenvalue weighted by molar-refractivity contribution is 0.208. The fraction of sp³-hybridized carbons (Fsp3) is 0.429. The average molecular weight is 485 g/mol. The second-order valence-electron chi connectivity index (χ2n) is 10.6. The Kier molecular flexibility index (Phi) is 5.92. The van der Waals surface area contributed by atoms with Crippen LogP contribution in [0.5, 0.6) is 0 Å². The van der Waals surface area contributed by atoms with E-state index >= 15 is 0 Å². The molecule has 0 radical (unpaired) electrons. The molecule has 1 atom stereocenters. The van der Waals surface area contributed by atoms with Crippen molar-refractivity contribution in [2.45, 2.75) is 45.4 Å². The van der Waals surface area contributed by atoms with Crippen LogP contribution in [0.3, 0.4) is 0 Å². The maximum absolute atomic E-state index is 6.97. The fourth-order valence-corrected chi connectivity index (χ4v) is 6.20.